The van der Waals surface area contributed by atoms with Crippen LogP contribution in [0.25, 0.3) is 0 Å². The lowest BCUT2D eigenvalue weighted by Gasteiger charge is -2.17. The third-order valence-corrected chi connectivity index (χ3v) is 2.57. The molecule has 1 rings (SSSR count). The average molecular weight is 279 g/mol. The van der Waals surface area contributed by atoms with E-state index >= 15 is 0 Å². The second kappa shape index (κ2) is 6.67. The highest BCUT2D eigenvalue weighted by Crippen LogP contribution is 2.23. The number of anilines is 1. The van der Waals surface area contributed by atoms with Crippen LogP contribution in [-0.4, -0.2) is 40.8 Å². The van der Waals surface area contributed by atoms with Crippen molar-refractivity contribution >= 4 is 23.4 Å². The maximum absolute atomic E-state index is 11.8. The Labute approximate surface area is 116 Å². The van der Waals surface area contributed by atoms with E-state index in [0.29, 0.717) is 0 Å². The average Bonchev–Trinajstić information content (AvgIpc) is 2.38. The molecule has 4 N–H and O–H groups in total. The molecular formula is C13H17N3O4. The van der Waals surface area contributed by atoms with Crippen LogP contribution < -0.4 is 11.1 Å². The van der Waals surface area contributed by atoms with Crippen molar-refractivity contribution in [2.45, 2.75) is 13.8 Å². The van der Waals surface area contributed by atoms with Crippen LogP contribution >= 0.6 is 0 Å². The number of nitrogens with one attached hydrogen (secondary N) is 1. The summed E-state index contributed by atoms with van der Waals surface area (Å²) in [7, 11) is 0. The number of phenols is 1. The zero-order valence-electron chi connectivity index (χ0n) is 11.3. The van der Waals surface area contributed by atoms with Crippen molar-refractivity contribution in [1.82, 2.24) is 4.90 Å². The molecule has 1 aromatic rings. The van der Waals surface area contributed by atoms with Gasteiger partial charge in [-0.15, -0.1) is 0 Å². The molecule has 20 heavy (non-hydrogen) atoms. The highest BCUT2D eigenvalue weighted by molar-refractivity contribution is 6.41. The molecule has 0 spiro atoms. The highest BCUT2D eigenvalue weighted by Gasteiger charge is 2.25. The van der Waals surface area contributed by atoms with E-state index in [1.807, 2.05) is 0 Å². The molecule has 3 amide bonds. The zero-order valence-corrected chi connectivity index (χ0v) is 11.3. The van der Waals surface area contributed by atoms with Crippen LogP contribution in [0, 0.1) is 6.92 Å². The Morgan fingerprint density at radius 3 is 2.50 bits per heavy atom. The van der Waals surface area contributed by atoms with Gasteiger partial charge in [0.25, 0.3) is 0 Å². The highest BCUT2D eigenvalue weighted by atomic mass is 16.3. The van der Waals surface area contributed by atoms with Crippen molar-refractivity contribution in [3.05, 3.63) is 23.8 Å². The van der Waals surface area contributed by atoms with Crippen molar-refractivity contribution in [2.24, 2.45) is 5.73 Å². The van der Waals surface area contributed by atoms with Crippen molar-refractivity contribution in [3.8, 4) is 5.75 Å². The van der Waals surface area contributed by atoms with Crippen LogP contribution in [0.3, 0.4) is 0 Å². The first-order valence-electron chi connectivity index (χ1n) is 6.00. The van der Waals surface area contributed by atoms with Gasteiger partial charge in [0, 0.05) is 20.0 Å². The van der Waals surface area contributed by atoms with Crippen LogP contribution in [0.5, 0.6) is 5.75 Å². The van der Waals surface area contributed by atoms with E-state index in [9.17, 15) is 19.5 Å². The summed E-state index contributed by atoms with van der Waals surface area (Å²) in [6.45, 7) is 2.97. The van der Waals surface area contributed by atoms with Gasteiger partial charge in [-0.25, -0.2) is 0 Å². The van der Waals surface area contributed by atoms with Crippen molar-refractivity contribution in [3.63, 3.8) is 0 Å². The maximum Gasteiger partial charge on any atom is 0.318 e. The van der Waals surface area contributed by atoms with E-state index in [0.717, 1.165) is 10.5 Å². The van der Waals surface area contributed by atoms with E-state index in [2.05, 4.69) is 5.32 Å². The van der Waals surface area contributed by atoms with Gasteiger partial charge in [-0.1, -0.05) is 6.07 Å². The van der Waals surface area contributed by atoms with Gasteiger partial charge in [0.2, 0.25) is 5.91 Å². The molecule has 0 saturated carbocycles. The molecule has 0 aliphatic heterocycles. The number of hydrogen-bond acceptors (Lipinski definition) is 5. The van der Waals surface area contributed by atoms with Gasteiger partial charge < -0.3 is 16.2 Å². The van der Waals surface area contributed by atoms with E-state index in [1.165, 1.54) is 19.1 Å². The molecule has 0 heterocycles. The summed E-state index contributed by atoms with van der Waals surface area (Å²) >= 11 is 0. The number of aryl methyl sites for hydroxylation is 1. The van der Waals surface area contributed by atoms with E-state index in [4.69, 9.17) is 5.73 Å². The Kier molecular flexibility index (Phi) is 5.22. The van der Waals surface area contributed by atoms with Crippen molar-refractivity contribution in [1.29, 1.82) is 0 Å². The first-order chi connectivity index (χ1) is 9.36. The lowest BCUT2D eigenvalue weighted by atomic mass is 10.2. The summed E-state index contributed by atoms with van der Waals surface area (Å²) < 4.78 is 0. The third kappa shape index (κ3) is 3.79. The van der Waals surface area contributed by atoms with Crippen molar-refractivity contribution in [2.75, 3.05) is 18.4 Å². The Hall–Kier alpha value is -2.41. The van der Waals surface area contributed by atoms with Crippen LogP contribution in [0.15, 0.2) is 18.2 Å². The van der Waals surface area contributed by atoms with Gasteiger partial charge in [0.1, 0.15) is 5.75 Å². The molecule has 1 aromatic carbocycles. The maximum atomic E-state index is 11.8. The summed E-state index contributed by atoms with van der Waals surface area (Å²) in [5.41, 5.74) is 6.19. The third-order valence-electron chi connectivity index (χ3n) is 2.57. The second-order valence-corrected chi connectivity index (χ2v) is 4.24. The summed E-state index contributed by atoms with van der Waals surface area (Å²) in [5, 5.41) is 11.9. The molecule has 0 atom stereocenters. The topological polar surface area (TPSA) is 113 Å². The van der Waals surface area contributed by atoms with Crippen LogP contribution in [0.2, 0.25) is 0 Å². The first kappa shape index (κ1) is 15.6. The predicted molar refractivity (Wildman–Crippen MR) is 72.9 cm³/mol. The minimum absolute atomic E-state index is 0.0402. The van der Waals surface area contributed by atoms with Gasteiger partial charge in [-0.2, -0.15) is 0 Å². The Bertz CT molecular complexity index is 542. The molecule has 7 heteroatoms. The molecule has 0 unspecified atom stereocenters. The number of amides is 3. The SMILES string of the molecule is CC(=O)N(CCN)C(=O)C(=O)Nc1ccc(C)cc1O. The first-order valence-corrected chi connectivity index (χ1v) is 6.00. The number of phenolic OH excluding ortho intramolecular Hbond substituents is 1. The lowest BCUT2D eigenvalue weighted by Crippen LogP contribution is -2.44. The summed E-state index contributed by atoms with van der Waals surface area (Å²) in [6, 6.07) is 4.59. The van der Waals surface area contributed by atoms with Gasteiger partial charge in [-0.05, 0) is 24.6 Å². The fourth-order valence-electron chi connectivity index (χ4n) is 1.58. The summed E-state index contributed by atoms with van der Waals surface area (Å²) in [4.78, 5) is 35.6. The van der Waals surface area contributed by atoms with Gasteiger partial charge in [0.05, 0.1) is 5.69 Å². The minimum atomic E-state index is -1.01. The van der Waals surface area contributed by atoms with Crippen LogP contribution in [0.4, 0.5) is 5.69 Å². The van der Waals surface area contributed by atoms with Crippen molar-refractivity contribution < 1.29 is 19.5 Å². The zero-order chi connectivity index (χ0) is 15.3. The molecular weight excluding hydrogens is 262 g/mol. The van der Waals surface area contributed by atoms with Gasteiger partial charge in [-0.3, -0.25) is 19.3 Å². The van der Waals surface area contributed by atoms with E-state index in [1.54, 1.807) is 13.0 Å². The molecule has 0 aliphatic carbocycles. The number of hydrogen-bond donors (Lipinski definition) is 3. The number of rotatable bonds is 3. The number of nitrogens with zero attached hydrogens (tertiary/aromatic N) is 1. The number of aromatic hydroxyl groups is 1. The molecule has 0 aliphatic rings. The molecule has 0 fully saturated rings. The molecule has 0 saturated heterocycles. The molecule has 0 radical (unpaired) electrons. The Morgan fingerprint density at radius 2 is 2.00 bits per heavy atom. The quantitative estimate of drug-likeness (QED) is 0.531. The number of imide groups is 1. The molecule has 108 valence electrons. The summed E-state index contributed by atoms with van der Waals surface area (Å²) in [5.74, 6) is -2.74. The predicted octanol–water partition coefficient (Wildman–Crippen LogP) is -0.0271. The minimum Gasteiger partial charge on any atom is -0.506 e. The Morgan fingerprint density at radius 1 is 1.35 bits per heavy atom. The smallest absolute Gasteiger partial charge is 0.318 e. The van der Waals surface area contributed by atoms with Gasteiger partial charge in [0.15, 0.2) is 0 Å². The largest absolute Gasteiger partial charge is 0.506 e. The standard InChI is InChI=1S/C13H17N3O4/c1-8-3-4-10(11(18)7-8)15-12(19)13(20)16(6-5-14)9(2)17/h3-4,7,18H,5-6,14H2,1-2H3,(H,15,19). The summed E-state index contributed by atoms with van der Waals surface area (Å²) in [6.07, 6.45) is 0. The number of benzene rings is 1. The van der Waals surface area contributed by atoms with Crippen LogP contribution in [-0.2, 0) is 14.4 Å². The van der Waals surface area contributed by atoms with E-state index < -0.39 is 17.7 Å². The molecule has 0 bridgehead atoms. The van der Waals surface area contributed by atoms with Crippen LogP contribution in [0.1, 0.15) is 12.5 Å². The second-order valence-electron chi connectivity index (χ2n) is 4.24. The number of carbonyl (C=O) groups excluding carboxylic acids is 3. The fourth-order valence-corrected chi connectivity index (χ4v) is 1.58. The molecule has 7 nitrogen and oxygen atoms in total. The lowest BCUT2D eigenvalue weighted by molar-refractivity contribution is -0.149. The Balaban J connectivity index is 2.84. The number of carbonyl (C=O) groups is 3. The molecule has 0 aromatic heterocycles. The monoisotopic (exact) mass is 279 g/mol. The number of nitrogens with two attached hydrogens (primary N) is 1. The normalized spacial score (nSPS) is 9.95. The fraction of sp³-hybridized carbons (Fsp3) is 0.308. The van der Waals surface area contributed by atoms with Gasteiger partial charge >= 0.3 is 11.8 Å². The van der Waals surface area contributed by atoms with E-state index in [-0.39, 0.29) is 24.5 Å².